The van der Waals surface area contributed by atoms with Crippen LogP contribution in [-0.2, 0) is 9.84 Å². The van der Waals surface area contributed by atoms with E-state index in [1.807, 2.05) is 0 Å². The van der Waals surface area contributed by atoms with Gasteiger partial charge in [-0.3, -0.25) is 4.90 Å². The third kappa shape index (κ3) is 5.73. The molecule has 8 heteroatoms. The van der Waals surface area contributed by atoms with Crippen molar-refractivity contribution in [2.45, 2.75) is 30.4 Å². The molecule has 1 fully saturated rings. The molecule has 1 aliphatic rings. The number of ether oxygens (including phenoxy) is 1. The van der Waals surface area contributed by atoms with Crippen molar-refractivity contribution >= 4 is 21.4 Å². The van der Waals surface area contributed by atoms with Crippen LogP contribution in [0.4, 0.5) is 0 Å². The van der Waals surface area contributed by atoms with Crippen LogP contribution in [0.15, 0.2) is 47.4 Å². The lowest BCUT2D eigenvalue weighted by Gasteiger charge is -2.24. The average molecular weight is 449 g/mol. The number of β-amino-alcohol motifs (C(OH)–C–C–N with tert-alkyl or cyclic N) is 1. The molecule has 1 aliphatic heterocycles. The number of likely N-dealkylation sites (tertiary alicyclic amines) is 1. The van der Waals surface area contributed by atoms with Crippen LogP contribution in [-0.4, -0.2) is 50.4 Å². The molecule has 0 aliphatic carbocycles. The number of nitrogens with zero attached hydrogens (tertiary/aromatic N) is 2. The summed E-state index contributed by atoms with van der Waals surface area (Å²) >= 11 is 6.05. The monoisotopic (exact) mass is 448 g/mol. The molecule has 0 aromatic heterocycles. The van der Waals surface area contributed by atoms with E-state index in [1.54, 1.807) is 42.5 Å². The normalized spacial score (nSPS) is 20.6. The van der Waals surface area contributed by atoms with Gasteiger partial charge in [-0.1, -0.05) is 11.6 Å². The molecule has 3 rings (SSSR count). The Morgan fingerprint density at radius 1 is 1.30 bits per heavy atom. The van der Waals surface area contributed by atoms with E-state index in [2.05, 4.69) is 17.9 Å². The Balaban J connectivity index is 1.55. The van der Waals surface area contributed by atoms with Crippen molar-refractivity contribution in [3.63, 3.8) is 0 Å². The Hall–Kier alpha value is -2.11. The standard InChI is InChI=1S/C22H25ClN2O4S/c1-15-7-17(14-29-20-3-5-21(6-4-20)30(2,27)28)12-25(15)13-22(26)18-8-16(11-24)9-19(23)10-18/h3-6,8-10,15,17,22,26H,7,12-14H2,1-2H3. The van der Waals surface area contributed by atoms with Gasteiger partial charge in [-0.25, -0.2) is 8.42 Å². The molecule has 1 saturated heterocycles. The van der Waals surface area contributed by atoms with Crippen molar-refractivity contribution in [2.24, 2.45) is 5.92 Å². The van der Waals surface area contributed by atoms with Crippen LogP contribution >= 0.6 is 11.6 Å². The van der Waals surface area contributed by atoms with Crippen LogP contribution in [0.1, 0.15) is 30.6 Å². The lowest BCUT2D eigenvalue weighted by atomic mass is 10.1. The van der Waals surface area contributed by atoms with Crippen LogP contribution in [0.2, 0.25) is 5.02 Å². The van der Waals surface area contributed by atoms with Gasteiger partial charge >= 0.3 is 0 Å². The van der Waals surface area contributed by atoms with Gasteiger partial charge in [0.1, 0.15) is 5.75 Å². The van der Waals surface area contributed by atoms with Crippen LogP contribution in [0.5, 0.6) is 5.75 Å². The Morgan fingerprint density at radius 2 is 2.00 bits per heavy atom. The second-order valence-corrected chi connectivity index (χ2v) is 10.3. The highest BCUT2D eigenvalue weighted by Gasteiger charge is 2.31. The smallest absolute Gasteiger partial charge is 0.175 e. The van der Waals surface area contributed by atoms with E-state index in [0.717, 1.165) is 13.0 Å². The van der Waals surface area contributed by atoms with Gasteiger partial charge in [0.05, 0.1) is 29.2 Å². The molecule has 3 unspecified atom stereocenters. The quantitative estimate of drug-likeness (QED) is 0.697. The molecule has 0 radical (unpaired) electrons. The lowest BCUT2D eigenvalue weighted by Crippen LogP contribution is -2.32. The highest BCUT2D eigenvalue weighted by atomic mass is 35.5. The number of benzene rings is 2. The first-order chi connectivity index (χ1) is 14.2. The summed E-state index contributed by atoms with van der Waals surface area (Å²) in [5.41, 5.74) is 1.07. The van der Waals surface area contributed by atoms with Crippen LogP contribution in [0, 0.1) is 17.2 Å². The average Bonchev–Trinajstić information content (AvgIpc) is 3.04. The first kappa shape index (κ1) is 22.6. The Morgan fingerprint density at radius 3 is 2.63 bits per heavy atom. The second-order valence-electron chi connectivity index (χ2n) is 7.86. The highest BCUT2D eigenvalue weighted by molar-refractivity contribution is 7.90. The summed E-state index contributed by atoms with van der Waals surface area (Å²) in [5, 5.41) is 20.2. The van der Waals surface area contributed by atoms with E-state index in [-0.39, 0.29) is 10.9 Å². The topological polar surface area (TPSA) is 90.6 Å². The Labute approximate surface area is 182 Å². The summed E-state index contributed by atoms with van der Waals surface area (Å²) in [6, 6.07) is 13.7. The minimum atomic E-state index is -3.22. The molecule has 2 aromatic rings. The molecule has 160 valence electrons. The maximum atomic E-state index is 11.5. The van der Waals surface area contributed by atoms with Gasteiger partial charge in [0.25, 0.3) is 0 Å². The summed E-state index contributed by atoms with van der Waals surface area (Å²) in [4.78, 5) is 2.48. The van der Waals surface area contributed by atoms with Gasteiger partial charge in [-0.05, 0) is 61.4 Å². The summed E-state index contributed by atoms with van der Waals surface area (Å²) in [6.45, 7) is 3.87. The fourth-order valence-electron chi connectivity index (χ4n) is 3.79. The number of hydrogen-bond acceptors (Lipinski definition) is 6. The van der Waals surface area contributed by atoms with E-state index < -0.39 is 15.9 Å². The van der Waals surface area contributed by atoms with E-state index >= 15 is 0 Å². The number of aliphatic hydroxyl groups is 1. The summed E-state index contributed by atoms with van der Waals surface area (Å²) < 4.78 is 28.9. The van der Waals surface area contributed by atoms with E-state index in [4.69, 9.17) is 21.6 Å². The summed E-state index contributed by atoms with van der Waals surface area (Å²) in [6.07, 6.45) is 1.38. The van der Waals surface area contributed by atoms with Crippen LogP contribution in [0.25, 0.3) is 0 Å². The number of sulfone groups is 1. The van der Waals surface area contributed by atoms with E-state index in [9.17, 15) is 13.5 Å². The molecule has 1 heterocycles. The molecule has 1 N–H and O–H groups in total. The number of rotatable bonds is 7. The maximum absolute atomic E-state index is 11.5. The minimum absolute atomic E-state index is 0.269. The van der Waals surface area contributed by atoms with E-state index in [0.29, 0.717) is 41.0 Å². The second kappa shape index (κ2) is 9.36. The van der Waals surface area contributed by atoms with Gasteiger partial charge in [-0.15, -0.1) is 0 Å². The zero-order valence-electron chi connectivity index (χ0n) is 17.0. The molecular weight excluding hydrogens is 424 g/mol. The molecule has 0 spiro atoms. The zero-order chi connectivity index (χ0) is 21.9. The fourth-order valence-corrected chi connectivity index (χ4v) is 4.66. The Bertz CT molecular complexity index is 1030. The minimum Gasteiger partial charge on any atom is -0.493 e. The lowest BCUT2D eigenvalue weighted by molar-refractivity contribution is 0.107. The molecule has 6 nitrogen and oxygen atoms in total. The van der Waals surface area contributed by atoms with Crippen molar-refractivity contribution in [3.05, 3.63) is 58.6 Å². The predicted molar refractivity (Wildman–Crippen MR) is 115 cm³/mol. The molecule has 3 atom stereocenters. The third-order valence-electron chi connectivity index (χ3n) is 5.37. The van der Waals surface area contributed by atoms with Crippen molar-refractivity contribution in [3.8, 4) is 11.8 Å². The SMILES string of the molecule is CC1CC(COc2ccc(S(C)(=O)=O)cc2)CN1CC(O)c1cc(Cl)cc(C#N)c1. The first-order valence-corrected chi connectivity index (χ1v) is 12.0. The molecular formula is C22H25ClN2O4S. The summed E-state index contributed by atoms with van der Waals surface area (Å²) in [5.74, 6) is 0.937. The van der Waals surface area contributed by atoms with Gasteiger partial charge in [0.15, 0.2) is 9.84 Å². The van der Waals surface area contributed by atoms with Crippen LogP contribution in [0.3, 0.4) is 0 Å². The van der Waals surface area contributed by atoms with Crippen molar-refractivity contribution < 1.29 is 18.3 Å². The van der Waals surface area contributed by atoms with Gasteiger partial charge in [-0.2, -0.15) is 5.26 Å². The zero-order valence-corrected chi connectivity index (χ0v) is 18.5. The van der Waals surface area contributed by atoms with Crippen molar-refractivity contribution in [2.75, 3.05) is 26.0 Å². The largest absolute Gasteiger partial charge is 0.493 e. The molecule has 2 aromatic carbocycles. The summed E-state index contributed by atoms with van der Waals surface area (Å²) in [7, 11) is -3.22. The fraction of sp³-hybridized carbons (Fsp3) is 0.409. The third-order valence-corrected chi connectivity index (χ3v) is 6.72. The number of nitriles is 1. The highest BCUT2D eigenvalue weighted by Crippen LogP contribution is 2.28. The molecule has 30 heavy (non-hydrogen) atoms. The predicted octanol–water partition coefficient (Wildman–Crippen LogP) is 3.44. The molecule has 0 bridgehead atoms. The number of hydrogen-bond donors (Lipinski definition) is 1. The van der Waals surface area contributed by atoms with Crippen LogP contribution < -0.4 is 4.74 Å². The van der Waals surface area contributed by atoms with E-state index in [1.165, 1.54) is 6.26 Å². The van der Waals surface area contributed by atoms with Crippen molar-refractivity contribution in [1.82, 2.24) is 4.90 Å². The molecule has 0 saturated carbocycles. The number of aliphatic hydroxyl groups excluding tert-OH is 1. The molecule has 0 amide bonds. The Kier molecular flexibility index (Phi) is 7.04. The number of halogens is 1. The maximum Gasteiger partial charge on any atom is 0.175 e. The van der Waals surface area contributed by atoms with Gasteiger partial charge < -0.3 is 9.84 Å². The first-order valence-electron chi connectivity index (χ1n) is 9.71. The van der Waals surface area contributed by atoms with Gasteiger partial charge in [0, 0.05) is 36.3 Å². The van der Waals surface area contributed by atoms with Crippen molar-refractivity contribution in [1.29, 1.82) is 5.26 Å². The van der Waals surface area contributed by atoms with Gasteiger partial charge in [0.2, 0.25) is 0 Å².